The molecule has 0 N–H and O–H groups in total. The Morgan fingerprint density at radius 2 is 1.71 bits per heavy atom. The molecule has 0 saturated heterocycles. The van der Waals surface area contributed by atoms with Gasteiger partial charge < -0.3 is 0 Å². The molecule has 21 heavy (non-hydrogen) atoms. The van der Waals surface area contributed by atoms with Gasteiger partial charge in [0.1, 0.15) is 5.82 Å². The highest BCUT2D eigenvalue weighted by Gasteiger charge is 2.13. The van der Waals surface area contributed by atoms with Crippen LogP contribution in [0, 0.1) is 5.82 Å². The Kier molecular flexibility index (Phi) is 3.84. The minimum atomic E-state index is -0.417. The van der Waals surface area contributed by atoms with Crippen molar-refractivity contribution in [3.05, 3.63) is 82.1 Å². The quantitative estimate of drug-likeness (QED) is 0.600. The summed E-state index contributed by atoms with van der Waals surface area (Å²) >= 11 is 3.14. The first-order valence-corrected chi connectivity index (χ1v) is 7.39. The summed E-state index contributed by atoms with van der Waals surface area (Å²) in [5, 5.41) is 2.24. The third kappa shape index (κ3) is 2.88. The lowest BCUT2D eigenvalue weighted by Crippen LogP contribution is -2.05. The van der Waals surface area contributed by atoms with E-state index in [0.29, 0.717) is 5.56 Å². The van der Waals surface area contributed by atoms with Gasteiger partial charge in [-0.05, 0) is 38.3 Å². The lowest BCUT2D eigenvalue weighted by atomic mass is 10.00. The SMILES string of the molecule is O=C(Cc1ccc2ccccc2c1)c1cccc(F)c1Br. The summed E-state index contributed by atoms with van der Waals surface area (Å²) in [6, 6.07) is 18.5. The first kappa shape index (κ1) is 14.0. The smallest absolute Gasteiger partial charge is 0.168 e. The Morgan fingerprint density at radius 1 is 0.952 bits per heavy atom. The van der Waals surface area contributed by atoms with Gasteiger partial charge in [-0.2, -0.15) is 0 Å². The maximum absolute atomic E-state index is 13.5. The first-order chi connectivity index (χ1) is 10.1. The number of hydrogen-bond acceptors (Lipinski definition) is 1. The summed E-state index contributed by atoms with van der Waals surface area (Å²) in [6.07, 6.45) is 0.257. The van der Waals surface area contributed by atoms with E-state index in [-0.39, 0.29) is 16.7 Å². The van der Waals surface area contributed by atoms with Crippen molar-refractivity contribution in [3.8, 4) is 0 Å². The normalized spacial score (nSPS) is 10.8. The fourth-order valence-corrected chi connectivity index (χ4v) is 2.83. The van der Waals surface area contributed by atoms with Gasteiger partial charge in [-0.1, -0.05) is 54.6 Å². The van der Waals surface area contributed by atoms with Gasteiger partial charge in [0.25, 0.3) is 0 Å². The van der Waals surface area contributed by atoms with Crippen molar-refractivity contribution in [3.63, 3.8) is 0 Å². The number of hydrogen-bond donors (Lipinski definition) is 0. The number of carbonyl (C=O) groups excluding carboxylic acids is 1. The van der Waals surface area contributed by atoms with Crippen molar-refractivity contribution in [1.82, 2.24) is 0 Å². The Bertz CT molecular complexity index is 826. The molecule has 3 rings (SSSR count). The standard InChI is InChI=1S/C18H12BrFO/c19-18-15(6-3-7-16(18)20)17(21)11-12-8-9-13-4-1-2-5-14(13)10-12/h1-10H,11H2. The minimum absolute atomic E-state index is 0.100. The van der Waals surface area contributed by atoms with Gasteiger partial charge in [0.05, 0.1) is 4.47 Å². The fourth-order valence-electron chi connectivity index (χ4n) is 2.35. The largest absolute Gasteiger partial charge is 0.294 e. The Balaban J connectivity index is 1.91. The molecule has 0 radical (unpaired) electrons. The molecule has 0 heterocycles. The molecule has 0 aliphatic carbocycles. The highest BCUT2D eigenvalue weighted by atomic mass is 79.9. The van der Waals surface area contributed by atoms with E-state index in [1.165, 1.54) is 6.07 Å². The molecule has 3 aromatic carbocycles. The molecule has 104 valence electrons. The zero-order valence-corrected chi connectivity index (χ0v) is 12.7. The van der Waals surface area contributed by atoms with Crippen LogP contribution in [0.4, 0.5) is 4.39 Å². The van der Waals surface area contributed by atoms with E-state index < -0.39 is 5.82 Å². The van der Waals surface area contributed by atoms with Crippen LogP contribution in [0.5, 0.6) is 0 Å². The van der Waals surface area contributed by atoms with Crippen LogP contribution in [0.3, 0.4) is 0 Å². The number of halogens is 2. The van der Waals surface area contributed by atoms with Crippen LogP contribution in [0.15, 0.2) is 65.1 Å². The van der Waals surface area contributed by atoms with E-state index in [2.05, 4.69) is 15.9 Å². The molecule has 0 unspecified atom stereocenters. The zero-order chi connectivity index (χ0) is 14.8. The van der Waals surface area contributed by atoms with Crippen LogP contribution < -0.4 is 0 Å². The van der Waals surface area contributed by atoms with Crippen molar-refractivity contribution in [2.75, 3.05) is 0 Å². The molecule has 0 spiro atoms. The fraction of sp³-hybridized carbons (Fsp3) is 0.0556. The van der Waals surface area contributed by atoms with Crippen LogP contribution in [0.25, 0.3) is 10.8 Å². The maximum atomic E-state index is 13.5. The highest BCUT2D eigenvalue weighted by Crippen LogP contribution is 2.23. The molecular weight excluding hydrogens is 331 g/mol. The Hall–Kier alpha value is -2.00. The summed E-state index contributed by atoms with van der Waals surface area (Å²) in [7, 11) is 0. The monoisotopic (exact) mass is 342 g/mol. The summed E-state index contributed by atoms with van der Waals surface area (Å²) in [5.74, 6) is -0.518. The van der Waals surface area contributed by atoms with Gasteiger partial charge in [-0.15, -0.1) is 0 Å². The minimum Gasteiger partial charge on any atom is -0.294 e. The van der Waals surface area contributed by atoms with Crippen LogP contribution >= 0.6 is 15.9 Å². The van der Waals surface area contributed by atoms with Gasteiger partial charge in [-0.25, -0.2) is 4.39 Å². The number of rotatable bonds is 3. The molecule has 0 aliphatic heterocycles. The molecule has 0 bridgehead atoms. The lowest BCUT2D eigenvalue weighted by Gasteiger charge is -2.06. The van der Waals surface area contributed by atoms with Crippen molar-refractivity contribution >= 4 is 32.5 Å². The van der Waals surface area contributed by atoms with E-state index >= 15 is 0 Å². The van der Waals surface area contributed by atoms with Gasteiger partial charge in [0.15, 0.2) is 5.78 Å². The molecule has 0 aromatic heterocycles. The molecule has 0 amide bonds. The number of ketones is 1. The summed E-state index contributed by atoms with van der Waals surface area (Å²) in [5.41, 5.74) is 1.30. The average molecular weight is 343 g/mol. The van der Waals surface area contributed by atoms with Crippen molar-refractivity contribution in [2.24, 2.45) is 0 Å². The summed E-state index contributed by atoms with van der Waals surface area (Å²) in [4.78, 5) is 12.3. The van der Waals surface area contributed by atoms with Crippen molar-refractivity contribution in [2.45, 2.75) is 6.42 Å². The van der Waals surface area contributed by atoms with E-state index in [0.717, 1.165) is 16.3 Å². The second-order valence-electron chi connectivity index (χ2n) is 4.88. The molecule has 3 aromatic rings. The van der Waals surface area contributed by atoms with Crippen molar-refractivity contribution < 1.29 is 9.18 Å². The summed E-state index contributed by atoms with van der Waals surface area (Å²) in [6.45, 7) is 0. The molecule has 0 fully saturated rings. The van der Waals surface area contributed by atoms with Crippen LogP contribution in [0.1, 0.15) is 15.9 Å². The molecule has 0 atom stereocenters. The molecular formula is C18H12BrFO. The number of benzene rings is 3. The second-order valence-corrected chi connectivity index (χ2v) is 5.68. The van der Waals surface area contributed by atoms with Gasteiger partial charge in [0, 0.05) is 12.0 Å². The van der Waals surface area contributed by atoms with Crippen LogP contribution in [-0.2, 0) is 6.42 Å². The molecule has 0 saturated carbocycles. The van der Waals surface area contributed by atoms with E-state index in [4.69, 9.17) is 0 Å². The number of Topliss-reactive ketones (excluding diaryl/α,β-unsaturated/α-hetero) is 1. The predicted molar refractivity (Wildman–Crippen MR) is 86.1 cm³/mol. The first-order valence-electron chi connectivity index (χ1n) is 6.60. The Labute approximate surface area is 130 Å². The third-order valence-electron chi connectivity index (χ3n) is 3.43. The predicted octanol–water partition coefficient (Wildman–Crippen LogP) is 5.17. The van der Waals surface area contributed by atoms with Gasteiger partial charge >= 0.3 is 0 Å². The van der Waals surface area contributed by atoms with Crippen LogP contribution in [0.2, 0.25) is 0 Å². The molecule has 1 nitrogen and oxygen atoms in total. The number of fused-ring (bicyclic) bond motifs is 1. The van der Waals surface area contributed by atoms with Gasteiger partial charge in [0.2, 0.25) is 0 Å². The second kappa shape index (κ2) is 5.78. The average Bonchev–Trinajstić information content (AvgIpc) is 2.50. The third-order valence-corrected chi connectivity index (χ3v) is 4.24. The Morgan fingerprint density at radius 3 is 2.52 bits per heavy atom. The summed E-state index contributed by atoms with van der Waals surface area (Å²) < 4.78 is 13.7. The molecule has 3 heteroatoms. The van der Waals surface area contributed by atoms with Crippen molar-refractivity contribution in [1.29, 1.82) is 0 Å². The zero-order valence-electron chi connectivity index (χ0n) is 11.1. The van der Waals surface area contributed by atoms with Gasteiger partial charge in [-0.3, -0.25) is 4.79 Å². The van der Waals surface area contributed by atoms with E-state index in [1.54, 1.807) is 12.1 Å². The van der Waals surface area contributed by atoms with E-state index in [9.17, 15) is 9.18 Å². The highest BCUT2D eigenvalue weighted by molar-refractivity contribution is 9.10. The van der Waals surface area contributed by atoms with Crippen LogP contribution in [-0.4, -0.2) is 5.78 Å². The topological polar surface area (TPSA) is 17.1 Å². The van der Waals surface area contributed by atoms with E-state index in [1.807, 2.05) is 42.5 Å². The molecule has 0 aliphatic rings. The lowest BCUT2D eigenvalue weighted by molar-refractivity contribution is 0.0992. The maximum Gasteiger partial charge on any atom is 0.168 e. The number of carbonyl (C=O) groups is 1.